The second-order valence-electron chi connectivity index (χ2n) is 7.74. The molecule has 3 rings (SSSR count). The maximum Gasteiger partial charge on any atom is 0.0360 e. The van der Waals surface area contributed by atoms with E-state index in [1.54, 1.807) is 0 Å². The third-order valence-corrected chi connectivity index (χ3v) is 5.24. The fourth-order valence-corrected chi connectivity index (χ4v) is 4.23. The number of nitrogens with zero attached hydrogens (tertiary/aromatic N) is 2. The van der Waals surface area contributed by atoms with Crippen LogP contribution in [0.2, 0.25) is 0 Å². The Kier molecular flexibility index (Phi) is 3.46. The Morgan fingerprint density at radius 2 is 1.90 bits per heavy atom. The molecule has 2 heterocycles. The van der Waals surface area contributed by atoms with Crippen LogP contribution in [0, 0.1) is 12.3 Å². The van der Waals surface area contributed by atoms with Gasteiger partial charge in [-0.05, 0) is 69.8 Å². The lowest BCUT2D eigenvalue weighted by Crippen LogP contribution is -2.35. The largest absolute Gasteiger partial charge is 0.345 e. The molecule has 3 nitrogen and oxygen atoms in total. The number of rotatable bonds is 1. The molecule has 1 atom stereocenters. The van der Waals surface area contributed by atoms with Crippen LogP contribution in [0.1, 0.15) is 62.1 Å². The van der Waals surface area contributed by atoms with Gasteiger partial charge in [-0.2, -0.15) is 0 Å². The molecule has 0 spiro atoms. The van der Waals surface area contributed by atoms with Crippen LogP contribution in [0.5, 0.6) is 0 Å². The van der Waals surface area contributed by atoms with Crippen molar-refractivity contribution in [3.05, 3.63) is 23.0 Å². The van der Waals surface area contributed by atoms with Gasteiger partial charge in [0.15, 0.2) is 0 Å². The lowest BCUT2D eigenvalue weighted by molar-refractivity contribution is 0.210. The first-order valence-electron chi connectivity index (χ1n) is 8.02. The van der Waals surface area contributed by atoms with Crippen molar-refractivity contribution in [3.8, 4) is 0 Å². The second kappa shape index (κ2) is 4.88. The molecular weight excluding hydrogens is 246 g/mol. The zero-order chi connectivity index (χ0) is 14.5. The second-order valence-corrected chi connectivity index (χ2v) is 7.74. The average molecular weight is 275 g/mol. The smallest absolute Gasteiger partial charge is 0.0360 e. The molecule has 1 aliphatic heterocycles. The van der Waals surface area contributed by atoms with Gasteiger partial charge in [-0.25, -0.2) is 0 Å². The predicted molar refractivity (Wildman–Crippen MR) is 84.0 cm³/mol. The SMILES string of the molecule is Cc1cc2c(n1C1CCN(C)CC1)CC(C)(C)CC2N. The highest BCUT2D eigenvalue weighted by atomic mass is 15.1. The molecule has 1 aromatic heterocycles. The average Bonchev–Trinajstić information content (AvgIpc) is 2.66. The number of piperidine rings is 1. The minimum atomic E-state index is 0.222. The Labute approximate surface area is 123 Å². The van der Waals surface area contributed by atoms with Gasteiger partial charge in [-0.1, -0.05) is 13.8 Å². The summed E-state index contributed by atoms with van der Waals surface area (Å²) in [4.78, 5) is 2.44. The number of nitrogens with two attached hydrogens (primary N) is 1. The molecule has 0 radical (unpaired) electrons. The van der Waals surface area contributed by atoms with Gasteiger partial charge >= 0.3 is 0 Å². The van der Waals surface area contributed by atoms with Gasteiger partial charge in [-0.3, -0.25) is 0 Å². The van der Waals surface area contributed by atoms with E-state index < -0.39 is 0 Å². The van der Waals surface area contributed by atoms with Crippen LogP contribution in [0.3, 0.4) is 0 Å². The van der Waals surface area contributed by atoms with Gasteiger partial charge < -0.3 is 15.2 Å². The van der Waals surface area contributed by atoms with Crippen molar-refractivity contribution in [3.63, 3.8) is 0 Å². The highest BCUT2D eigenvalue weighted by Gasteiger charge is 2.35. The molecule has 1 aromatic rings. The van der Waals surface area contributed by atoms with Crippen LogP contribution in [0.15, 0.2) is 6.07 Å². The maximum absolute atomic E-state index is 6.43. The number of hydrogen-bond donors (Lipinski definition) is 1. The van der Waals surface area contributed by atoms with Gasteiger partial charge in [0.05, 0.1) is 0 Å². The van der Waals surface area contributed by atoms with E-state index in [4.69, 9.17) is 5.73 Å². The Bertz CT molecular complexity index is 493. The summed E-state index contributed by atoms with van der Waals surface area (Å²) in [6.07, 6.45) is 4.83. The zero-order valence-electron chi connectivity index (χ0n) is 13.4. The number of aryl methyl sites for hydroxylation is 1. The van der Waals surface area contributed by atoms with Gasteiger partial charge in [0, 0.05) is 23.5 Å². The zero-order valence-corrected chi connectivity index (χ0v) is 13.4. The number of likely N-dealkylation sites (tertiary alicyclic amines) is 1. The first-order valence-corrected chi connectivity index (χ1v) is 8.02. The summed E-state index contributed by atoms with van der Waals surface area (Å²) in [5, 5.41) is 0. The number of fused-ring (bicyclic) bond motifs is 1. The molecule has 1 unspecified atom stereocenters. The van der Waals surface area contributed by atoms with E-state index in [1.165, 1.54) is 49.3 Å². The van der Waals surface area contributed by atoms with Gasteiger partial charge in [0.25, 0.3) is 0 Å². The van der Waals surface area contributed by atoms with Crippen molar-refractivity contribution in [2.24, 2.45) is 11.1 Å². The van der Waals surface area contributed by atoms with Gasteiger partial charge in [0.1, 0.15) is 0 Å². The fraction of sp³-hybridized carbons (Fsp3) is 0.765. The molecule has 2 aliphatic rings. The van der Waals surface area contributed by atoms with Crippen LogP contribution < -0.4 is 5.73 Å². The molecular formula is C17H29N3. The highest BCUT2D eigenvalue weighted by Crippen LogP contribution is 2.42. The van der Waals surface area contributed by atoms with Crippen molar-refractivity contribution in [2.45, 2.75) is 58.5 Å². The minimum Gasteiger partial charge on any atom is -0.345 e. The highest BCUT2D eigenvalue weighted by molar-refractivity contribution is 5.34. The molecule has 1 saturated heterocycles. The topological polar surface area (TPSA) is 34.2 Å². The van der Waals surface area contributed by atoms with Crippen LogP contribution in [0.25, 0.3) is 0 Å². The van der Waals surface area contributed by atoms with E-state index in [1.807, 2.05) is 0 Å². The Morgan fingerprint density at radius 3 is 2.55 bits per heavy atom. The normalized spacial score (nSPS) is 27.6. The van der Waals surface area contributed by atoms with E-state index in [9.17, 15) is 0 Å². The van der Waals surface area contributed by atoms with Crippen molar-refractivity contribution in [1.29, 1.82) is 0 Å². The van der Waals surface area contributed by atoms with Crippen LogP contribution in [0.4, 0.5) is 0 Å². The van der Waals surface area contributed by atoms with E-state index in [-0.39, 0.29) is 6.04 Å². The van der Waals surface area contributed by atoms with Crippen molar-refractivity contribution < 1.29 is 0 Å². The first-order chi connectivity index (χ1) is 9.37. The molecule has 0 saturated carbocycles. The third-order valence-electron chi connectivity index (χ3n) is 5.24. The molecule has 0 amide bonds. The van der Waals surface area contributed by atoms with E-state index in [0.717, 1.165) is 6.42 Å². The summed E-state index contributed by atoms with van der Waals surface area (Å²) < 4.78 is 2.63. The standard InChI is InChI=1S/C17H29N3/c1-12-9-14-15(18)10-17(2,3)11-16(14)20(12)13-5-7-19(4)8-6-13/h9,13,15H,5-8,10-11,18H2,1-4H3. The summed E-state index contributed by atoms with van der Waals surface area (Å²) >= 11 is 0. The van der Waals surface area contributed by atoms with Gasteiger partial charge in [-0.15, -0.1) is 0 Å². The van der Waals surface area contributed by atoms with E-state index in [2.05, 4.69) is 43.4 Å². The van der Waals surface area contributed by atoms with Crippen LogP contribution >= 0.6 is 0 Å². The lowest BCUT2D eigenvalue weighted by atomic mass is 9.74. The molecule has 112 valence electrons. The van der Waals surface area contributed by atoms with Crippen molar-refractivity contribution in [2.75, 3.05) is 20.1 Å². The Morgan fingerprint density at radius 1 is 1.25 bits per heavy atom. The number of hydrogen-bond acceptors (Lipinski definition) is 2. The molecule has 0 aromatic carbocycles. The predicted octanol–water partition coefficient (Wildman–Crippen LogP) is 3.04. The molecule has 1 fully saturated rings. The summed E-state index contributed by atoms with van der Waals surface area (Å²) in [6, 6.07) is 3.25. The first kappa shape index (κ1) is 14.2. The summed E-state index contributed by atoms with van der Waals surface area (Å²) in [7, 11) is 2.23. The molecule has 2 N–H and O–H groups in total. The molecule has 0 bridgehead atoms. The van der Waals surface area contributed by atoms with Gasteiger partial charge in [0.2, 0.25) is 0 Å². The quantitative estimate of drug-likeness (QED) is 0.855. The summed E-state index contributed by atoms with van der Waals surface area (Å²) in [5.74, 6) is 0. The summed E-state index contributed by atoms with van der Waals surface area (Å²) in [5.41, 5.74) is 11.1. The Balaban J connectivity index is 1.96. The lowest BCUT2D eigenvalue weighted by Gasteiger charge is -2.37. The van der Waals surface area contributed by atoms with E-state index >= 15 is 0 Å². The van der Waals surface area contributed by atoms with E-state index in [0.29, 0.717) is 11.5 Å². The number of aromatic nitrogens is 1. The monoisotopic (exact) mass is 275 g/mol. The van der Waals surface area contributed by atoms with Crippen LogP contribution in [-0.4, -0.2) is 29.6 Å². The maximum atomic E-state index is 6.43. The van der Waals surface area contributed by atoms with Crippen molar-refractivity contribution >= 4 is 0 Å². The third kappa shape index (κ3) is 2.42. The van der Waals surface area contributed by atoms with Crippen LogP contribution in [-0.2, 0) is 6.42 Å². The Hall–Kier alpha value is -0.800. The fourth-order valence-electron chi connectivity index (χ4n) is 4.23. The molecule has 3 heteroatoms. The molecule has 20 heavy (non-hydrogen) atoms. The minimum absolute atomic E-state index is 0.222. The van der Waals surface area contributed by atoms with Crippen molar-refractivity contribution in [1.82, 2.24) is 9.47 Å². The summed E-state index contributed by atoms with van der Waals surface area (Å²) in [6.45, 7) is 9.41. The molecule has 1 aliphatic carbocycles.